The molecule has 3 aromatic rings. The number of amides is 1. The summed E-state index contributed by atoms with van der Waals surface area (Å²) in [4.78, 5) is 24.6. The van der Waals surface area contributed by atoms with Crippen LogP contribution in [0, 0.1) is 0 Å². The van der Waals surface area contributed by atoms with E-state index < -0.39 is 6.17 Å². The number of halogens is 1. The Labute approximate surface area is 159 Å². The molecule has 2 aliphatic rings. The summed E-state index contributed by atoms with van der Waals surface area (Å²) in [6.07, 6.45) is 4.39. The third-order valence-corrected chi connectivity index (χ3v) is 5.03. The molecule has 1 N–H and O–H groups in total. The molecule has 0 aliphatic carbocycles. The number of rotatable bonds is 3. The number of nitrogens with zero attached hydrogens (tertiary/aromatic N) is 6. The molecule has 0 radical (unpaired) electrons. The number of pyridine rings is 2. The first-order valence-corrected chi connectivity index (χ1v) is 8.99. The van der Waals surface area contributed by atoms with Crippen LogP contribution in [0.3, 0.4) is 0 Å². The number of anilines is 2. The Kier molecular flexibility index (Phi) is 3.75. The third kappa shape index (κ3) is 2.75. The molecule has 0 unspecified atom stereocenters. The first kappa shape index (κ1) is 16.7. The van der Waals surface area contributed by atoms with Crippen molar-refractivity contribution in [1.29, 1.82) is 0 Å². The van der Waals surface area contributed by atoms with Gasteiger partial charge >= 0.3 is 0 Å². The molecule has 1 atom stereocenters. The van der Waals surface area contributed by atoms with Crippen molar-refractivity contribution in [3.05, 3.63) is 54.1 Å². The van der Waals surface area contributed by atoms with Gasteiger partial charge in [0.25, 0.3) is 5.91 Å². The molecule has 1 saturated heterocycles. The number of carbonyl (C=O) groups is 1. The maximum atomic E-state index is 13.4. The lowest BCUT2D eigenvalue weighted by Crippen LogP contribution is -2.24. The largest absolute Gasteiger partial charge is 0.506 e. The number of alkyl halides is 1. The van der Waals surface area contributed by atoms with E-state index in [-0.39, 0.29) is 11.7 Å². The van der Waals surface area contributed by atoms with Crippen molar-refractivity contribution in [3.63, 3.8) is 0 Å². The average molecular weight is 380 g/mol. The van der Waals surface area contributed by atoms with Crippen LogP contribution in [-0.2, 0) is 6.54 Å². The quantitative estimate of drug-likeness (QED) is 0.749. The van der Waals surface area contributed by atoms with E-state index in [0.29, 0.717) is 43.1 Å². The zero-order valence-corrected chi connectivity index (χ0v) is 14.9. The molecule has 8 nitrogen and oxygen atoms in total. The number of aromatic nitrogens is 4. The van der Waals surface area contributed by atoms with E-state index in [1.807, 2.05) is 17.0 Å². The number of fused-ring (bicyclic) bond motifs is 1. The van der Waals surface area contributed by atoms with Gasteiger partial charge in [-0.15, -0.1) is 0 Å². The number of carbonyl (C=O) groups excluding carboxylic acids is 1. The van der Waals surface area contributed by atoms with Crippen molar-refractivity contribution in [3.8, 4) is 11.4 Å². The van der Waals surface area contributed by atoms with Crippen LogP contribution < -0.4 is 9.80 Å². The van der Waals surface area contributed by atoms with Gasteiger partial charge in [-0.25, -0.2) is 19.0 Å². The maximum absolute atomic E-state index is 13.4. The first-order valence-electron chi connectivity index (χ1n) is 8.99. The van der Waals surface area contributed by atoms with Crippen LogP contribution in [0.15, 0.2) is 42.9 Å². The van der Waals surface area contributed by atoms with Crippen molar-refractivity contribution >= 4 is 17.5 Å². The number of hydrogen-bond acceptors (Lipinski definition) is 6. The molecular formula is C19H17FN6O2. The first-order chi connectivity index (χ1) is 13.6. The summed E-state index contributed by atoms with van der Waals surface area (Å²) in [5.74, 6) is 1.07. The summed E-state index contributed by atoms with van der Waals surface area (Å²) in [6, 6.07) is 6.79. The topological polar surface area (TPSA) is 87.4 Å². The second-order valence-corrected chi connectivity index (χ2v) is 6.91. The molecule has 0 bridgehead atoms. The second kappa shape index (κ2) is 6.29. The summed E-state index contributed by atoms with van der Waals surface area (Å²) in [5.41, 5.74) is 1.90. The Morgan fingerprint density at radius 3 is 2.57 bits per heavy atom. The lowest BCUT2D eigenvalue weighted by atomic mass is 10.3. The van der Waals surface area contributed by atoms with Gasteiger partial charge in [0.1, 0.15) is 23.6 Å². The lowest BCUT2D eigenvalue weighted by molar-refractivity contribution is 0.0995. The van der Waals surface area contributed by atoms with Crippen molar-refractivity contribution in [2.45, 2.75) is 19.1 Å². The Morgan fingerprint density at radius 2 is 1.93 bits per heavy atom. The van der Waals surface area contributed by atoms with Gasteiger partial charge in [0.2, 0.25) is 0 Å². The molecule has 5 rings (SSSR count). The predicted molar refractivity (Wildman–Crippen MR) is 99.5 cm³/mol. The Balaban J connectivity index is 1.36. The molecular weight excluding hydrogens is 363 g/mol. The molecule has 1 fully saturated rings. The van der Waals surface area contributed by atoms with Crippen LogP contribution in [0.5, 0.6) is 5.75 Å². The van der Waals surface area contributed by atoms with Gasteiger partial charge in [0, 0.05) is 12.7 Å². The van der Waals surface area contributed by atoms with Crippen LogP contribution in [0.1, 0.15) is 22.5 Å². The molecule has 3 aromatic heterocycles. The summed E-state index contributed by atoms with van der Waals surface area (Å²) in [5, 5.41) is 13.9. The predicted octanol–water partition coefficient (Wildman–Crippen LogP) is 2.08. The molecule has 28 heavy (non-hydrogen) atoms. The highest BCUT2D eigenvalue weighted by molar-refractivity contribution is 6.09. The fourth-order valence-electron chi connectivity index (χ4n) is 3.55. The Bertz CT molecular complexity index is 1030. The van der Waals surface area contributed by atoms with E-state index in [4.69, 9.17) is 0 Å². The zero-order chi connectivity index (χ0) is 19.3. The van der Waals surface area contributed by atoms with Gasteiger partial charge in [-0.2, -0.15) is 5.10 Å². The molecule has 1 amide bonds. The van der Waals surface area contributed by atoms with E-state index >= 15 is 0 Å². The average Bonchev–Trinajstić information content (AvgIpc) is 3.39. The minimum Gasteiger partial charge on any atom is -0.506 e. The van der Waals surface area contributed by atoms with Gasteiger partial charge in [-0.05, 0) is 30.7 Å². The SMILES string of the molecule is O=C1c2cn(-c3ccc(N4CC[C@H](F)C4)nc3)nc2CN1c1ccc(O)cn1. The fourth-order valence-corrected chi connectivity index (χ4v) is 3.55. The summed E-state index contributed by atoms with van der Waals surface area (Å²) in [7, 11) is 0. The number of aromatic hydroxyl groups is 1. The van der Waals surface area contributed by atoms with Gasteiger partial charge in [-0.1, -0.05) is 0 Å². The van der Waals surface area contributed by atoms with Crippen molar-refractivity contribution in [2.75, 3.05) is 22.9 Å². The summed E-state index contributed by atoms with van der Waals surface area (Å²) < 4.78 is 15.0. The lowest BCUT2D eigenvalue weighted by Gasteiger charge is -2.16. The van der Waals surface area contributed by atoms with Crippen LogP contribution in [0.4, 0.5) is 16.0 Å². The van der Waals surface area contributed by atoms with Crippen molar-refractivity contribution in [1.82, 2.24) is 19.7 Å². The smallest absolute Gasteiger partial charge is 0.263 e. The molecule has 0 aromatic carbocycles. The molecule has 0 saturated carbocycles. The van der Waals surface area contributed by atoms with Crippen molar-refractivity contribution < 1.29 is 14.3 Å². The Hall–Kier alpha value is -3.49. The zero-order valence-electron chi connectivity index (χ0n) is 14.9. The minimum absolute atomic E-state index is 0.0465. The Morgan fingerprint density at radius 1 is 1.11 bits per heavy atom. The van der Waals surface area contributed by atoms with Crippen LogP contribution in [0.25, 0.3) is 5.69 Å². The van der Waals surface area contributed by atoms with Crippen molar-refractivity contribution in [2.24, 2.45) is 0 Å². The molecule has 2 aliphatic heterocycles. The molecule has 142 valence electrons. The van der Waals surface area contributed by atoms with Gasteiger partial charge in [-0.3, -0.25) is 9.69 Å². The van der Waals surface area contributed by atoms with Crippen LogP contribution >= 0.6 is 0 Å². The maximum Gasteiger partial charge on any atom is 0.263 e. The second-order valence-electron chi connectivity index (χ2n) is 6.91. The normalized spacial score (nSPS) is 18.8. The third-order valence-electron chi connectivity index (χ3n) is 5.03. The summed E-state index contributed by atoms with van der Waals surface area (Å²) >= 11 is 0. The highest BCUT2D eigenvalue weighted by atomic mass is 19.1. The molecule has 9 heteroatoms. The standard InChI is InChI=1S/C19H17FN6O2/c20-12-5-6-24(9-12)17-3-1-13(7-21-17)26-10-15-16(23-26)11-25(19(15)28)18-4-2-14(27)8-22-18/h1-4,7-8,10,12,27H,5-6,9,11H2/t12-/m0/s1. The van der Waals surface area contributed by atoms with E-state index in [1.165, 1.54) is 17.2 Å². The fraction of sp³-hybridized carbons (Fsp3) is 0.263. The van der Waals surface area contributed by atoms with Crippen LogP contribution in [-0.4, -0.2) is 50.0 Å². The van der Waals surface area contributed by atoms with E-state index in [2.05, 4.69) is 15.1 Å². The highest BCUT2D eigenvalue weighted by Gasteiger charge is 2.32. The molecule has 5 heterocycles. The summed E-state index contributed by atoms with van der Waals surface area (Å²) in [6.45, 7) is 1.35. The van der Waals surface area contributed by atoms with Crippen LogP contribution in [0.2, 0.25) is 0 Å². The van der Waals surface area contributed by atoms with E-state index in [9.17, 15) is 14.3 Å². The van der Waals surface area contributed by atoms with E-state index in [0.717, 1.165) is 11.5 Å². The van der Waals surface area contributed by atoms with E-state index in [1.54, 1.807) is 23.1 Å². The van der Waals surface area contributed by atoms with Gasteiger partial charge in [0.15, 0.2) is 0 Å². The van der Waals surface area contributed by atoms with Gasteiger partial charge < -0.3 is 10.0 Å². The molecule has 0 spiro atoms. The van der Waals surface area contributed by atoms with Gasteiger partial charge in [0.05, 0.1) is 42.4 Å². The monoisotopic (exact) mass is 380 g/mol. The minimum atomic E-state index is -0.799. The number of hydrogen-bond donors (Lipinski definition) is 1. The highest BCUT2D eigenvalue weighted by Crippen LogP contribution is 2.28.